The molecule has 3 nitrogen and oxygen atoms in total. The molecule has 0 aliphatic carbocycles. The number of anilines is 1. The first-order valence-electron chi connectivity index (χ1n) is 11.3. The fourth-order valence-electron chi connectivity index (χ4n) is 3.28. The molecular weight excluding hydrogens is 346 g/mol. The van der Waals surface area contributed by atoms with E-state index < -0.39 is 0 Å². The smallest absolute Gasteiger partial charge is 0.224 e. The van der Waals surface area contributed by atoms with E-state index in [0.29, 0.717) is 6.42 Å². The van der Waals surface area contributed by atoms with Crippen LogP contribution < -0.4 is 10.1 Å². The number of methoxy groups -OCH3 is 1. The van der Waals surface area contributed by atoms with Crippen molar-refractivity contribution in [2.24, 2.45) is 0 Å². The van der Waals surface area contributed by atoms with Gasteiger partial charge in [-0.05, 0) is 44.2 Å². The molecule has 0 aliphatic heterocycles. The van der Waals surface area contributed by atoms with Crippen molar-refractivity contribution in [2.75, 3.05) is 12.4 Å². The third kappa shape index (κ3) is 13.4. The second-order valence-corrected chi connectivity index (χ2v) is 7.61. The summed E-state index contributed by atoms with van der Waals surface area (Å²) < 4.78 is 5.17. The van der Waals surface area contributed by atoms with Gasteiger partial charge in [-0.15, -0.1) is 0 Å². The molecule has 0 spiro atoms. The van der Waals surface area contributed by atoms with Crippen LogP contribution in [0.3, 0.4) is 0 Å². The van der Waals surface area contributed by atoms with Crippen molar-refractivity contribution in [2.45, 2.75) is 96.8 Å². The van der Waals surface area contributed by atoms with Crippen LogP contribution in [0.1, 0.15) is 96.8 Å². The fourth-order valence-corrected chi connectivity index (χ4v) is 3.28. The first-order chi connectivity index (χ1) is 13.8. The second-order valence-electron chi connectivity index (χ2n) is 7.61. The number of carbonyl (C=O) groups is 1. The van der Waals surface area contributed by atoms with Crippen molar-refractivity contribution in [1.82, 2.24) is 0 Å². The van der Waals surface area contributed by atoms with E-state index in [4.69, 9.17) is 4.74 Å². The highest BCUT2D eigenvalue weighted by Gasteiger charge is 2.03. The van der Waals surface area contributed by atoms with Crippen LogP contribution in [0.2, 0.25) is 0 Å². The zero-order valence-corrected chi connectivity index (χ0v) is 18.2. The number of ether oxygens (including phenoxy) is 1. The standard InChI is InChI=1S/C25H41NO2/c1-3-4-5-6-7-8-9-10-11-12-13-14-15-16-17-21-25(27)26-23-19-18-20-24(22-23)28-2/h10-11,18-20,22H,3-9,12-17,21H2,1-2H3,(H,26,27)/b11-10+. The molecular formula is C25H41NO2. The van der Waals surface area contributed by atoms with Crippen LogP contribution in [0, 0.1) is 0 Å². The van der Waals surface area contributed by atoms with Crippen molar-refractivity contribution in [1.29, 1.82) is 0 Å². The van der Waals surface area contributed by atoms with Crippen molar-refractivity contribution in [3.05, 3.63) is 36.4 Å². The lowest BCUT2D eigenvalue weighted by Gasteiger charge is -2.07. The van der Waals surface area contributed by atoms with E-state index in [9.17, 15) is 4.79 Å². The molecule has 0 aromatic heterocycles. The van der Waals surface area contributed by atoms with Gasteiger partial charge in [0.05, 0.1) is 7.11 Å². The number of benzene rings is 1. The summed E-state index contributed by atoms with van der Waals surface area (Å²) in [6, 6.07) is 7.49. The summed E-state index contributed by atoms with van der Waals surface area (Å²) in [6.07, 6.45) is 21.9. The predicted molar refractivity (Wildman–Crippen MR) is 121 cm³/mol. The molecule has 1 aromatic rings. The van der Waals surface area contributed by atoms with Gasteiger partial charge in [0.1, 0.15) is 5.75 Å². The van der Waals surface area contributed by atoms with Crippen molar-refractivity contribution < 1.29 is 9.53 Å². The van der Waals surface area contributed by atoms with Crippen LogP contribution in [0.4, 0.5) is 5.69 Å². The summed E-state index contributed by atoms with van der Waals surface area (Å²) in [4.78, 5) is 12.0. The minimum atomic E-state index is 0.0888. The number of carbonyl (C=O) groups excluding carboxylic acids is 1. The Kier molecular flexibility index (Phi) is 15.0. The summed E-state index contributed by atoms with van der Waals surface area (Å²) in [5.74, 6) is 0.852. The van der Waals surface area contributed by atoms with Crippen LogP contribution in [0.5, 0.6) is 5.75 Å². The van der Waals surface area contributed by atoms with E-state index in [1.54, 1.807) is 7.11 Å². The molecule has 0 atom stereocenters. The lowest BCUT2D eigenvalue weighted by molar-refractivity contribution is -0.116. The summed E-state index contributed by atoms with van der Waals surface area (Å²) in [5, 5.41) is 2.94. The number of amides is 1. The quantitative estimate of drug-likeness (QED) is 0.220. The van der Waals surface area contributed by atoms with Crippen molar-refractivity contribution in [3.8, 4) is 5.75 Å². The Hall–Kier alpha value is -1.77. The molecule has 1 N–H and O–H groups in total. The maximum Gasteiger partial charge on any atom is 0.224 e. The van der Waals surface area contributed by atoms with E-state index >= 15 is 0 Å². The van der Waals surface area contributed by atoms with E-state index in [2.05, 4.69) is 24.4 Å². The van der Waals surface area contributed by atoms with Gasteiger partial charge < -0.3 is 10.1 Å². The minimum Gasteiger partial charge on any atom is -0.497 e. The van der Waals surface area contributed by atoms with Gasteiger partial charge in [-0.2, -0.15) is 0 Å². The lowest BCUT2D eigenvalue weighted by atomic mass is 10.1. The highest BCUT2D eigenvalue weighted by Crippen LogP contribution is 2.17. The largest absolute Gasteiger partial charge is 0.497 e. The molecule has 0 saturated carbocycles. The van der Waals surface area contributed by atoms with Gasteiger partial charge in [-0.1, -0.05) is 76.5 Å². The normalized spacial score (nSPS) is 11.1. The molecule has 0 aliphatic rings. The zero-order valence-electron chi connectivity index (χ0n) is 18.2. The van der Waals surface area contributed by atoms with Crippen molar-refractivity contribution in [3.63, 3.8) is 0 Å². The summed E-state index contributed by atoms with van der Waals surface area (Å²) in [5.41, 5.74) is 0.803. The molecule has 0 saturated heterocycles. The van der Waals surface area contributed by atoms with Crippen LogP contribution in [-0.4, -0.2) is 13.0 Å². The Morgan fingerprint density at radius 3 is 2.14 bits per heavy atom. The maximum atomic E-state index is 12.0. The fraction of sp³-hybridized carbons (Fsp3) is 0.640. The van der Waals surface area contributed by atoms with E-state index in [1.165, 1.54) is 70.6 Å². The molecule has 0 fully saturated rings. The van der Waals surface area contributed by atoms with E-state index in [0.717, 1.165) is 24.3 Å². The molecule has 0 heterocycles. The van der Waals surface area contributed by atoms with Crippen LogP contribution in [-0.2, 0) is 4.79 Å². The summed E-state index contributed by atoms with van der Waals surface area (Å²) in [7, 11) is 1.63. The van der Waals surface area contributed by atoms with Gasteiger partial charge in [0.25, 0.3) is 0 Å². The molecule has 1 rings (SSSR count). The van der Waals surface area contributed by atoms with Gasteiger partial charge in [0.2, 0.25) is 5.91 Å². The molecule has 158 valence electrons. The lowest BCUT2D eigenvalue weighted by Crippen LogP contribution is -2.11. The topological polar surface area (TPSA) is 38.3 Å². The molecule has 1 amide bonds. The Morgan fingerprint density at radius 2 is 1.50 bits per heavy atom. The third-order valence-electron chi connectivity index (χ3n) is 5.02. The number of hydrogen-bond donors (Lipinski definition) is 1. The average molecular weight is 388 g/mol. The first-order valence-corrected chi connectivity index (χ1v) is 11.3. The molecule has 0 radical (unpaired) electrons. The van der Waals surface area contributed by atoms with Gasteiger partial charge >= 0.3 is 0 Å². The number of rotatable bonds is 17. The predicted octanol–water partition coefficient (Wildman–Crippen LogP) is 7.67. The second kappa shape index (κ2) is 17.3. The van der Waals surface area contributed by atoms with Gasteiger partial charge in [0.15, 0.2) is 0 Å². The van der Waals surface area contributed by atoms with Crippen LogP contribution in [0.25, 0.3) is 0 Å². The summed E-state index contributed by atoms with van der Waals surface area (Å²) >= 11 is 0. The van der Waals surface area contributed by atoms with Crippen LogP contribution in [0.15, 0.2) is 36.4 Å². The van der Waals surface area contributed by atoms with Gasteiger partial charge in [0, 0.05) is 18.2 Å². The SMILES string of the molecule is CCCCCCCC/C=C/CCCCCCCC(=O)Nc1cccc(OC)c1. The van der Waals surface area contributed by atoms with Crippen molar-refractivity contribution >= 4 is 11.6 Å². The Bertz CT molecular complexity index is 539. The molecule has 3 heteroatoms. The summed E-state index contributed by atoms with van der Waals surface area (Å²) in [6.45, 7) is 2.27. The molecule has 1 aromatic carbocycles. The minimum absolute atomic E-state index is 0.0888. The van der Waals surface area contributed by atoms with E-state index in [1.807, 2.05) is 24.3 Å². The average Bonchev–Trinajstić information content (AvgIpc) is 2.71. The Morgan fingerprint density at radius 1 is 0.893 bits per heavy atom. The Labute approximate surface area is 173 Å². The van der Waals surface area contributed by atoms with E-state index in [-0.39, 0.29) is 5.91 Å². The maximum absolute atomic E-state index is 12.0. The Balaban J connectivity index is 1.90. The first kappa shape index (κ1) is 24.3. The highest BCUT2D eigenvalue weighted by molar-refractivity contribution is 5.90. The number of allylic oxidation sites excluding steroid dienone is 2. The van der Waals surface area contributed by atoms with Crippen LogP contribution >= 0.6 is 0 Å². The van der Waals surface area contributed by atoms with Gasteiger partial charge in [-0.25, -0.2) is 0 Å². The monoisotopic (exact) mass is 387 g/mol. The number of unbranched alkanes of at least 4 members (excludes halogenated alkanes) is 11. The number of hydrogen-bond acceptors (Lipinski definition) is 2. The molecule has 28 heavy (non-hydrogen) atoms. The highest BCUT2D eigenvalue weighted by atomic mass is 16.5. The third-order valence-corrected chi connectivity index (χ3v) is 5.02. The zero-order chi connectivity index (χ0) is 20.3. The molecule has 0 unspecified atom stereocenters. The number of nitrogens with one attached hydrogen (secondary N) is 1. The van der Waals surface area contributed by atoms with Gasteiger partial charge in [-0.3, -0.25) is 4.79 Å². The molecule has 0 bridgehead atoms.